The standard InChI is InChI=1S/C5H10O4/c6-1-5(2-7)3(8)4(5)9/h3-4,6-9H,1-2H2. The van der Waals surface area contributed by atoms with Crippen molar-refractivity contribution >= 4 is 0 Å². The number of aliphatic hydroxyl groups is 4. The summed E-state index contributed by atoms with van der Waals surface area (Å²) in [7, 11) is 0. The zero-order valence-corrected chi connectivity index (χ0v) is 4.86. The Morgan fingerprint density at radius 3 is 1.33 bits per heavy atom. The molecule has 9 heavy (non-hydrogen) atoms. The van der Waals surface area contributed by atoms with E-state index in [-0.39, 0.29) is 13.2 Å². The number of rotatable bonds is 2. The van der Waals surface area contributed by atoms with Crippen molar-refractivity contribution in [3.05, 3.63) is 0 Å². The van der Waals surface area contributed by atoms with E-state index < -0.39 is 17.6 Å². The van der Waals surface area contributed by atoms with E-state index in [0.29, 0.717) is 0 Å². The van der Waals surface area contributed by atoms with Gasteiger partial charge in [0.05, 0.1) is 30.8 Å². The number of aliphatic hydroxyl groups excluding tert-OH is 4. The molecule has 54 valence electrons. The minimum absolute atomic E-state index is 0.369. The van der Waals surface area contributed by atoms with Gasteiger partial charge in [-0.15, -0.1) is 0 Å². The third-order valence-corrected chi connectivity index (χ3v) is 1.96. The smallest absolute Gasteiger partial charge is 0.0933 e. The minimum atomic E-state index is -1.03. The van der Waals surface area contributed by atoms with Crippen LogP contribution in [0, 0.1) is 5.41 Å². The molecule has 1 saturated carbocycles. The molecule has 4 N–H and O–H groups in total. The van der Waals surface area contributed by atoms with Gasteiger partial charge in [-0.1, -0.05) is 0 Å². The lowest BCUT2D eigenvalue weighted by molar-refractivity contribution is 0.0775. The van der Waals surface area contributed by atoms with E-state index in [4.69, 9.17) is 20.4 Å². The highest BCUT2D eigenvalue weighted by Gasteiger charge is 2.63. The summed E-state index contributed by atoms with van der Waals surface area (Å²) in [6.07, 6.45) is -1.90. The fraction of sp³-hybridized carbons (Fsp3) is 1.00. The maximum atomic E-state index is 8.78. The van der Waals surface area contributed by atoms with Crippen LogP contribution in [0.3, 0.4) is 0 Å². The third-order valence-electron chi connectivity index (χ3n) is 1.96. The van der Waals surface area contributed by atoms with Gasteiger partial charge in [-0.2, -0.15) is 0 Å². The zero-order valence-electron chi connectivity index (χ0n) is 4.86. The molecule has 1 aliphatic rings. The molecule has 0 spiro atoms. The molecule has 2 atom stereocenters. The van der Waals surface area contributed by atoms with Crippen molar-refractivity contribution in [2.45, 2.75) is 12.2 Å². The molecule has 0 heterocycles. The second-order valence-corrected chi connectivity index (χ2v) is 2.44. The molecule has 0 aliphatic heterocycles. The van der Waals surface area contributed by atoms with E-state index in [1.54, 1.807) is 0 Å². The SMILES string of the molecule is OCC1(CO)C(O)C1O. The Kier molecular flexibility index (Phi) is 1.48. The van der Waals surface area contributed by atoms with E-state index >= 15 is 0 Å². The van der Waals surface area contributed by atoms with Gasteiger partial charge in [0, 0.05) is 0 Å². The summed E-state index contributed by atoms with van der Waals surface area (Å²) < 4.78 is 0. The van der Waals surface area contributed by atoms with Gasteiger partial charge < -0.3 is 20.4 Å². The normalized spacial score (nSPS) is 38.7. The van der Waals surface area contributed by atoms with Gasteiger partial charge in [0.2, 0.25) is 0 Å². The lowest BCUT2D eigenvalue weighted by Gasteiger charge is -2.05. The molecule has 0 aromatic rings. The van der Waals surface area contributed by atoms with Crippen LogP contribution < -0.4 is 0 Å². The Bertz CT molecular complexity index is 99.5. The second-order valence-electron chi connectivity index (χ2n) is 2.44. The molecule has 0 amide bonds. The van der Waals surface area contributed by atoms with E-state index in [2.05, 4.69) is 0 Å². The molecule has 4 heteroatoms. The van der Waals surface area contributed by atoms with Crippen molar-refractivity contribution in [3.8, 4) is 0 Å². The van der Waals surface area contributed by atoms with E-state index in [0.717, 1.165) is 0 Å². The Balaban J connectivity index is 2.54. The highest BCUT2D eigenvalue weighted by Crippen LogP contribution is 2.44. The summed E-state index contributed by atoms with van der Waals surface area (Å²) in [5.74, 6) is 0. The zero-order chi connectivity index (χ0) is 7.07. The molecule has 0 bridgehead atoms. The molecule has 0 aromatic heterocycles. The lowest BCUT2D eigenvalue weighted by atomic mass is 10.1. The van der Waals surface area contributed by atoms with Crippen molar-refractivity contribution in [2.24, 2.45) is 5.41 Å². The fourth-order valence-corrected chi connectivity index (χ4v) is 0.872. The molecule has 4 nitrogen and oxygen atoms in total. The largest absolute Gasteiger partial charge is 0.395 e. The molecule has 1 aliphatic carbocycles. The topological polar surface area (TPSA) is 80.9 Å². The average Bonchev–Trinajstić information content (AvgIpc) is 2.39. The molecule has 1 rings (SSSR count). The first-order chi connectivity index (χ1) is 4.19. The van der Waals surface area contributed by atoms with Crippen molar-refractivity contribution in [1.29, 1.82) is 0 Å². The maximum absolute atomic E-state index is 8.78. The monoisotopic (exact) mass is 134 g/mol. The Hall–Kier alpha value is -0.160. The number of hydrogen-bond acceptors (Lipinski definition) is 4. The van der Waals surface area contributed by atoms with Gasteiger partial charge in [0.1, 0.15) is 0 Å². The van der Waals surface area contributed by atoms with E-state index in [1.165, 1.54) is 0 Å². The van der Waals surface area contributed by atoms with Crippen LogP contribution in [0.1, 0.15) is 0 Å². The molecular formula is C5H10O4. The maximum Gasteiger partial charge on any atom is 0.0933 e. The van der Waals surface area contributed by atoms with Crippen molar-refractivity contribution in [2.75, 3.05) is 13.2 Å². The number of hydrogen-bond donors (Lipinski definition) is 4. The van der Waals surface area contributed by atoms with Crippen LogP contribution in [0.5, 0.6) is 0 Å². The van der Waals surface area contributed by atoms with Crippen molar-refractivity contribution in [3.63, 3.8) is 0 Å². The molecule has 2 unspecified atom stereocenters. The summed E-state index contributed by atoms with van der Waals surface area (Å²) in [6, 6.07) is 0. The summed E-state index contributed by atoms with van der Waals surface area (Å²) >= 11 is 0. The van der Waals surface area contributed by atoms with Crippen LogP contribution in [0.25, 0.3) is 0 Å². The molecule has 0 saturated heterocycles. The second kappa shape index (κ2) is 1.91. The molecule has 0 aromatic carbocycles. The highest BCUT2D eigenvalue weighted by atomic mass is 16.4. The predicted octanol–water partition coefficient (Wildman–Crippen LogP) is -2.31. The van der Waals surface area contributed by atoms with E-state index in [1.807, 2.05) is 0 Å². The van der Waals surface area contributed by atoms with Crippen LogP contribution in [0.2, 0.25) is 0 Å². The quantitative estimate of drug-likeness (QED) is 0.342. The van der Waals surface area contributed by atoms with Crippen molar-refractivity contribution < 1.29 is 20.4 Å². The van der Waals surface area contributed by atoms with Crippen molar-refractivity contribution in [1.82, 2.24) is 0 Å². The fourth-order valence-electron chi connectivity index (χ4n) is 0.872. The van der Waals surface area contributed by atoms with E-state index in [9.17, 15) is 0 Å². The predicted molar refractivity (Wildman–Crippen MR) is 28.6 cm³/mol. The van der Waals surface area contributed by atoms with Crippen LogP contribution in [0.4, 0.5) is 0 Å². The first-order valence-corrected chi connectivity index (χ1v) is 2.77. The average molecular weight is 134 g/mol. The molecular weight excluding hydrogens is 124 g/mol. The minimum Gasteiger partial charge on any atom is -0.395 e. The Labute approximate surface area is 52.4 Å². The lowest BCUT2D eigenvalue weighted by Crippen LogP contribution is -2.19. The van der Waals surface area contributed by atoms with Crippen LogP contribution in [0.15, 0.2) is 0 Å². The van der Waals surface area contributed by atoms with Crippen LogP contribution in [-0.2, 0) is 0 Å². The van der Waals surface area contributed by atoms with Gasteiger partial charge in [-0.05, 0) is 0 Å². The molecule has 1 fully saturated rings. The highest BCUT2D eigenvalue weighted by molar-refractivity contribution is 5.12. The Morgan fingerprint density at radius 1 is 1.00 bits per heavy atom. The van der Waals surface area contributed by atoms with Crippen LogP contribution >= 0.6 is 0 Å². The van der Waals surface area contributed by atoms with Gasteiger partial charge in [-0.25, -0.2) is 0 Å². The van der Waals surface area contributed by atoms with Gasteiger partial charge in [0.15, 0.2) is 0 Å². The van der Waals surface area contributed by atoms with Gasteiger partial charge in [0.25, 0.3) is 0 Å². The third kappa shape index (κ3) is 0.679. The summed E-state index contributed by atoms with van der Waals surface area (Å²) in [5, 5.41) is 34.6. The summed E-state index contributed by atoms with van der Waals surface area (Å²) in [4.78, 5) is 0. The van der Waals surface area contributed by atoms with Gasteiger partial charge >= 0.3 is 0 Å². The summed E-state index contributed by atoms with van der Waals surface area (Å²) in [5.41, 5.74) is -1.03. The Morgan fingerprint density at radius 2 is 1.33 bits per heavy atom. The van der Waals surface area contributed by atoms with Crippen LogP contribution in [-0.4, -0.2) is 45.8 Å². The molecule has 0 radical (unpaired) electrons. The van der Waals surface area contributed by atoms with Gasteiger partial charge in [-0.3, -0.25) is 0 Å². The first-order valence-electron chi connectivity index (χ1n) is 2.77. The first kappa shape index (κ1) is 6.95. The summed E-state index contributed by atoms with van der Waals surface area (Å²) in [6.45, 7) is -0.738.